The molecule has 0 aliphatic carbocycles. The van der Waals surface area contributed by atoms with Gasteiger partial charge in [0, 0.05) is 19.3 Å². The zero-order valence-corrected chi connectivity index (χ0v) is 42.9. The van der Waals surface area contributed by atoms with Crippen LogP contribution < -0.4 is 0 Å². The summed E-state index contributed by atoms with van der Waals surface area (Å²) in [5, 5.41) is 0. The summed E-state index contributed by atoms with van der Waals surface area (Å²) in [4.78, 5) is 38.0. The van der Waals surface area contributed by atoms with Crippen molar-refractivity contribution in [2.45, 2.75) is 219 Å². The van der Waals surface area contributed by atoms with Gasteiger partial charge in [0.1, 0.15) is 13.2 Å². The van der Waals surface area contributed by atoms with Gasteiger partial charge in [0.2, 0.25) is 0 Å². The predicted octanol–water partition coefficient (Wildman–Crippen LogP) is 17.9. The lowest BCUT2D eigenvalue weighted by Crippen LogP contribution is -2.30. The molecule has 0 fully saturated rings. The SMILES string of the molecule is CC/C=C\C/C=C\C/C=C\C/C=C\CCCCC(=O)OC[C@H](COC(=O)CCCC/C=C\C/C=C\C/C=C\CCCCC)OC(=O)CCCCC/C=C\C/C=C\C/C=C\C/C=C\CCCCC. The Hall–Kier alpha value is -4.45. The number of allylic oxidation sites excluding steroid dienone is 22. The van der Waals surface area contributed by atoms with Gasteiger partial charge in [-0.25, -0.2) is 0 Å². The minimum Gasteiger partial charge on any atom is -0.462 e. The normalized spacial score (nSPS) is 13.2. The molecule has 0 N–H and O–H groups in total. The van der Waals surface area contributed by atoms with Gasteiger partial charge >= 0.3 is 17.9 Å². The molecule has 0 spiro atoms. The molecule has 0 unspecified atom stereocenters. The van der Waals surface area contributed by atoms with Crippen LogP contribution in [-0.4, -0.2) is 37.2 Å². The number of carbonyl (C=O) groups excluding carboxylic acids is 3. The molecule has 67 heavy (non-hydrogen) atoms. The van der Waals surface area contributed by atoms with Gasteiger partial charge in [-0.15, -0.1) is 0 Å². The zero-order chi connectivity index (χ0) is 48.6. The number of carbonyl (C=O) groups is 3. The van der Waals surface area contributed by atoms with Crippen molar-refractivity contribution in [1.82, 2.24) is 0 Å². The summed E-state index contributed by atoms with van der Waals surface area (Å²) >= 11 is 0. The Bertz CT molecular complexity index is 1480. The molecule has 0 rings (SSSR count). The molecule has 0 saturated heterocycles. The maximum absolute atomic E-state index is 12.8. The van der Waals surface area contributed by atoms with E-state index in [1.165, 1.54) is 51.4 Å². The first-order valence-electron chi connectivity index (χ1n) is 26.7. The fraction of sp³-hybridized carbons (Fsp3) is 0.590. The molecule has 0 radical (unpaired) electrons. The van der Waals surface area contributed by atoms with Gasteiger partial charge in [-0.3, -0.25) is 14.4 Å². The van der Waals surface area contributed by atoms with Gasteiger partial charge in [0.05, 0.1) is 0 Å². The summed E-state index contributed by atoms with van der Waals surface area (Å²) < 4.78 is 16.7. The number of ether oxygens (including phenoxy) is 3. The summed E-state index contributed by atoms with van der Waals surface area (Å²) in [5.41, 5.74) is 0. The quantitative estimate of drug-likeness (QED) is 0.0262. The standard InChI is InChI=1S/C61H96O6/c1-4-7-10-13-16-19-22-25-28-29-30-31-34-37-40-43-46-49-52-55-61(64)67-58(56-65-59(62)53-50-47-44-41-38-35-32-26-23-20-17-14-11-8-5-2)57-66-60(63)54-51-48-45-42-39-36-33-27-24-21-18-15-12-9-6-3/h8,11,16-21,25-28,30-33,37-42,58H,4-7,9-10,12-15,22-24,29,34-36,43-57H2,1-3H3/b11-8-,19-16-,20-17-,21-18-,28-25-,31-30-,32-26-,33-27-,40-37-,41-38-,42-39-/t58-/m1/s1. The minimum atomic E-state index is -0.832. The highest BCUT2D eigenvalue weighted by Crippen LogP contribution is 2.11. The first-order chi connectivity index (χ1) is 33.0. The molecule has 0 aromatic heterocycles. The van der Waals surface area contributed by atoms with Gasteiger partial charge < -0.3 is 14.2 Å². The highest BCUT2D eigenvalue weighted by atomic mass is 16.6. The molecule has 0 aromatic rings. The molecule has 0 amide bonds. The van der Waals surface area contributed by atoms with Gasteiger partial charge in [-0.05, 0) is 141 Å². The number of hydrogen-bond donors (Lipinski definition) is 0. The average Bonchev–Trinajstić information content (AvgIpc) is 3.33. The smallest absolute Gasteiger partial charge is 0.306 e. The molecule has 1 atom stereocenters. The van der Waals surface area contributed by atoms with Gasteiger partial charge in [0.25, 0.3) is 0 Å². The second-order valence-electron chi connectivity index (χ2n) is 17.0. The van der Waals surface area contributed by atoms with Crippen molar-refractivity contribution >= 4 is 17.9 Å². The topological polar surface area (TPSA) is 78.9 Å². The van der Waals surface area contributed by atoms with E-state index in [1.54, 1.807) is 0 Å². The largest absolute Gasteiger partial charge is 0.462 e. The van der Waals surface area contributed by atoms with E-state index in [-0.39, 0.29) is 50.4 Å². The van der Waals surface area contributed by atoms with E-state index in [1.807, 2.05) is 0 Å². The van der Waals surface area contributed by atoms with E-state index in [0.717, 1.165) is 103 Å². The Kier molecular flexibility index (Phi) is 50.6. The summed E-state index contributed by atoms with van der Waals surface area (Å²) in [7, 11) is 0. The van der Waals surface area contributed by atoms with Crippen molar-refractivity contribution < 1.29 is 28.6 Å². The van der Waals surface area contributed by atoms with E-state index < -0.39 is 6.10 Å². The second-order valence-corrected chi connectivity index (χ2v) is 17.0. The molecule has 376 valence electrons. The van der Waals surface area contributed by atoms with Crippen LogP contribution in [0.25, 0.3) is 0 Å². The maximum atomic E-state index is 12.8. The van der Waals surface area contributed by atoms with E-state index >= 15 is 0 Å². The van der Waals surface area contributed by atoms with E-state index in [9.17, 15) is 14.4 Å². The monoisotopic (exact) mass is 925 g/mol. The van der Waals surface area contributed by atoms with Crippen molar-refractivity contribution in [1.29, 1.82) is 0 Å². The molecular weight excluding hydrogens is 829 g/mol. The van der Waals surface area contributed by atoms with Crippen LogP contribution in [0.2, 0.25) is 0 Å². The molecular formula is C61H96O6. The Morgan fingerprint density at radius 3 is 0.910 bits per heavy atom. The molecule has 0 bridgehead atoms. The Morgan fingerprint density at radius 2 is 0.582 bits per heavy atom. The van der Waals surface area contributed by atoms with Crippen molar-refractivity contribution in [3.05, 3.63) is 134 Å². The Balaban J connectivity index is 4.60. The number of esters is 3. The number of unbranched alkanes of at least 4 members (excludes halogenated alkanes) is 13. The van der Waals surface area contributed by atoms with Gasteiger partial charge in [-0.1, -0.05) is 187 Å². The first-order valence-corrected chi connectivity index (χ1v) is 26.7. The van der Waals surface area contributed by atoms with Crippen LogP contribution in [-0.2, 0) is 28.6 Å². The number of hydrogen-bond acceptors (Lipinski definition) is 6. The van der Waals surface area contributed by atoms with Crippen LogP contribution in [0.4, 0.5) is 0 Å². The van der Waals surface area contributed by atoms with Crippen LogP contribution in [0.5, 0.6) is 0 Å². The molecule has 0 aromatic carbocycles. The van der Waals surface area contributed by atoms with Crippen molar-refractivity contribution in [3.8, 4) is 0 Å². The molecule has 0 heterocycles. The molecule has 0 saturated carbocycles. The van der Waals surface area contributed by atoms with Crippen LogP contribution in [0.15, 0.2) is 134 Å². The van der Waals surface area contributed by atoms with Crippen molar-refractivity contribution in [2.75, 3.05) is 13.2 Å². The summed E-state index contributed by atoms with van der Waals surface area (Å²) in [6, 6.07) is 0. The van der Waals surface area contributed by atoms with Gasteiger partial charge in [0.15, 0.2) is 6.10 Å². The summed E-state index contributed by atoms with van der Waals surface area (Å²) in [6.07, 6.45) is 75.8. The van der Waals surface area contributed by atoms with Crippen LogP contribution in [0, 0.1) is 0 Å². The fourth-order valence-corrected chi connectivity index (χ4v) is 6.60. The van der Waals surface area contributed by atoms with Crippen LogP contribution in [0.3, 0.4) is 0 Å². The Morgan fingerprint density at radius 1 is 0.313 bits per heavy atom. The minimum absolute atomic E-state index is 0.129. The molecule has 6 heteroatoms. The Labute approximate surface area is 411 Å². The highest BCUT2D eigenvalue weighted by molar-refractivity contribution is 5.71. The highest BCUT2D eigenvalue weighted by Gasteiger charge is 2.19. The first kappa shape index (κ1) is 62.5. The average molecular weight is 925 g/mol. The summed E-state index contributed by atoms with van der Waals surface area (Å²) in [5.74, 6) is -1.05. The van der Waals surface area contributed by atoms with Crippen molar-refractivity contribution in [3.63, 3.8) is 0 Å². The third-order valence-electron chi connectivity index (χ3n) is 10.6. The second kappa shape index (κ2) is 54.2. The summed E-state index contributed by atoms with van der Waals surface area (Å²) in [6.45, 7) is 6.35. The fourth-order valence-electron chi connectivity index (χ4n) is 6.60. The van der Waals surface area contributed by atoms with E-state index in [0.29, 0.717) is 19.3 Å². The van der Waals surface area contributed by atoms with E-state index in [2.05, 4.69) is 154 Å². The van der Waals surface area contributed by atoms with Crippen LogP contribution >= 0.6 is 0 Å². The lowest BCUT2D eigenvalue weighted by molar-refractivity contribution is -0.167. The lowest BCUT2D eigenvalue weighted by atomic mass is 10.1. The van der Waals surface area contributed by atoms with E-state index in [4.69, 9.17) is 14.2 Å². The zero-order valence-electron chi connectivity index (χ0n) is 42.9. The molecule has 0 aliphatic heterocycles. The molecule has 6 nitrogen and oxygen atoms in total. The maximum Gasteiger partial charge on any atom is 0.306 e. The van der Waals surface area contributed by atoms with Crippen LogP contribution in [0.1, 0.15) is 213 Å². The third-order valence-corrected chi connectivity index (χ3v) is 10.6. The molecule has 0 aliphatic rings. The third kappa shape index (κ3) is 52.4. The number of rotatable bonds is 46. The lowest BCUT2D eigenvalue weighted by Gasteiger charge is -2.18. The predicted molar refractivity (Wildman–Crippen MR) is 288 cm³/mol. The van der Waals surface area contributed by atoms with Gasteiger partial charge in [-0.2, -0.15) is 0 Å². The van der Waals surface area contributed by atoms with Crippen molar-refractivity contribution in [2.24, 2.45) is 0 Å².